The Labute approximate surface area is 162 Å². The molecule has 0 amide bonds. The lowest BCUT2D eigenvalue weighted by atomic mass is 9.98. The molecule has 2 fully saturated rings. The molecule has 29 heavy (non-hydrogen) atoms. The first-order valence-corrected chi connectivity index (χ1v) is 11.3. The second-order valence-corrected chi connectivity index (χ2v) is 11.2. The van der Waals surface area contributed by atoms with Crippen LogP contribution in [-0.4, -0.2) is 46.2 Å². The van der Waals surface area contributed by atoms with E-state index >= 15 is 0 Å². The summed E-state index contributed by atoms with van der Waals surface area (Å²) in [6.45, 7) is 0.750. The van der Waals surface area contributed by atoms with Crippen molar-refractivity contribution in [3.63, 3.8) is 0 Å². The van der Waals surface area contributed by atoms with Gasteiger partial charge in [-0.05, 0) is 44.4 Å². The number of hydrogen-bond acceptors (Lipinski definition) is 7. The molecule has 0 aromatic carbocycles. The number of alkyl halides is 6. The van der Waals surface area contributed by atoms with Crippen molar-refractivity contribution in [1.29, 1.82) is 0 Å². The van der Waals surface area contributed by atoms with Crippen LogP contribution in [0.25, 0.3) is 0 Å². The highest BCUT2D eigenvalue weighted by molar-refractivity contribution is 8.13. The summed E-state index contributed by atoms with van der Waals surface area (Å²) in [4.78, 5) is 11.8. The number of rotatable bonds is 6. The quantitative estimate of drug-likeness (QED) is 0.329. The zero-order chi connectivity index (χ0) is 22.4. The molecule has 0 aromatic heterocycles. The van der Waals surface area contributed by atoms with Crippen LogP contribution in [0.1, 0.15) is 39.0 Å². The summed E-state index contributed by atoms with van der Waals surface area (Å²) in [5.41, 5.74) is -12.6. The molecular formula is C14H17F6O7S2-. The Hall–Kier alpha value is -1.25. The highest BCUT2D eigenvalue weighted by Gasteiger charge is 2.54. The molecule has 0 saturated heterocycles. The van der Waals surface area contributed by atoms with Crippen molar-refractivity contribution in [3.8, 4) is 0 Å². The van der Waals surface area contributed by atoms with Crippen LogP contribution in [0.2, 0.25) is 0 Å². The van der Waals surface area contributed by atoms with Crippen molar-refractivity contribution in [2.75, 3.05) is 0 Å². The summed E-state index contributed by atoms with van der Waals surface area (Å²) >= 11 is 0. The first kappa shape index (κ1) is 24.0. The fraction of sp³-hybridized carbons (Fsp3) is 0.857. The number of ether oxygens (including phenoxy) is 2. The third-order valence-corrected chi connectivity index (χ3v) is 8.95. The lowest BCUT2D eigenvalue weighted by Gasteiger charge is -2.33. The summed E-state index contributed by atoms with van der Waals surface area (Å²) in [5, 5.41) is 0. The highest BCUT2D eigenvalue weighted by Crippen LogP contribution is 2.46. The minimum absolute atomic E-state index is 0.0705. The number of sulfone groups is 2. The Morgan fingerprint density at radius 3 is 1.90 bits per heavy atom. The molecule has 4 atom stereocenters. The molecule has 0 aliphatic heterocycles. The molecule has 2 saturated carbocycles. The van der Waals surface area contributed by atoms with Gasteiger partial charge in [0.05, 0.1) is 6.10 Å². The largest absolute Gasteiger partial charge is 0.508 e. The van der Waals surface area contributed by atoms with E-state index in [0.29, 0.717) is 12.3 Å². The van der Waals surface area contributed by atoms with Gasteiger partial charge in [-0.3, -0.25) is 16.8 Å². The normalized spacial score (nSPS) is 26.6. The molecule has 170 valence electrons. The molecular weight excluding hydrogens is 458 g/mol. The molecule has 0 radical (unpaired) electrons. The number of halogens is 6. The van der Waals surface area contributed by atoms with Gasteiger partial charge in [-0.15, -0.1) is 6.42 Å². The van der Waals surface area contributed by atoms with E-state index in [1.807, 2.05) is 0 Å². The van der Waals surface area contributed by atoms with Gasteiger partial charge in [0.2, 0.25) is 0 Å². The van der Waals surface area contributed by atoms with Crippen molar-refractivity contribution in [2.24, 2.45) is 11.8 Å². The third-order valence-electron chi connectivity index (χ3n) is 4.88. The molecule has 2 aliphatic carbocycles. The van der Waals surface area contributed by atoms with E-state index in [1.165, 1.54) is 0 Å². The number of fused-ring (bicyclic) bond motifs is 2. The molecule has 15 heteroatoms. The molecule has 0 spiro atoms. The highest BCUT2D eigenvalue weighted by atomic mass is 32.3. The Kier molecular flexibility index (Phi) is 6.44. The van der Waals surface area contributed by atoms with E-state index in [-0.39, 0.29) is 5.92 Å². The standard InChI is InChI=1S/C14H17F6O7S2/c1-7(26-12(21)27-10-6-8-2-3-9(10)5-8)4-11(28(22,23)13(15,16)17)29(24,25)14(18,19)20/h7-10H,2-6H2,1H3/q-1. The van der Waals surface area contributed by atoms with Crippen LogP contribution in [0.15, 0.2) is 0 Å². The molecule has 2 bridgehead atoms. The number of hydrogen-bond donors (Lipinski definition) is 0. The third kappa shape index (κ3) is 4.91. The monoisotopic (exact) mass is 475 g/mol. The summed E-state index contributed by atoms with van der Waals surface area (Å²) in [6, 6.07) is 0. The van der Waals surface area contributed by atoms with Crippen molar-refractivity contribution in [1.82, 2.24) is 0 Å². The second-order valence-electron chi connectivity index (χ2n) is 6.98. The van der Waals surface area contributed by atoms with E-state index in [0.717, 1.165) is 26.2 Å². The first-order chi connectivity index (χ1) is 13.0. The molecule has 2 aliphatic rings. The average molecular weight is 475 g/mol. The van der Waals surface area contributed by atoms with Crippen LogP contribution in [0.3, 0.4) is 0 Å². The topological polar surface area (TPSA) is 104 Å². The maximum absolute atomic E-state index is 12.7. The van der Waals surface area contributed by atoms with Gasteiger partial charge in [0.1, 0.15) is 25.8 Å². The van der Waals surface area contributed by atoms with Gasteiger partial charge in [0, 0.05) is 0 Å². The predicted octanol–water partition coefficient (Wildman–Crippen LogP) is 3.47. The maximum atomic E-state index is 12.7. The minimum atomic E-state index is -6.86. The lowest BCUT2D eigenvalue weighted by Crippen LogP contribution is -2.41. The summed E-state index contributed by atoms with van der Waals surface area (Å²) in [5.74, 6) is 0.421. The summed E-state index contributed by atoms with van der Waals surface area (Å²) < 4.78 is 129. The van der Waals surface area contributed by atoms with Gasteiger partial charge in [-0.2, -0.15) is 26.3 Å². The van der Waals surface area contributed by atoms with Gasteiger partial charge in [-0.25, -0.2) is 4.79 Å². The van der Waals surface area contributed by atoms with Crippen molar-refractivity contribution in [3.05, 3.63) is 4.58 Å². The fourth-order valence-corrected chi connectivity index (χ4v) is 6.69. The van der Waals surface area contributed by atoms with E-state index in [2.05, 4.69) is 4.74 Å². The first-order valence-electron chi connectivity index (χ1n) is 8.32. The smallest absolute Gasteiger partial charge is 0.434 e. The molecule has 4 unspecified atom stereocenters. The van der Waals surface area contributed by atoms with Crippen LogP contribution in [0.4, 0.5) is 31.1 Å². The van der Waals surface area contributed by atoms with Crippen molar-refractivity contribution < 1.29 is 57.4 Å². The van der Waals surface area contributed by atoms with Crippen LogP contribution in [0, 0.1) is 16.4 Å². The van der Waals surface area contributed by atoms with E-state index in [1.54, 1.807) is 0 Å². The summed E-state index contributed by atoms with van der Waals surface area (Å²) in [7, 11) is -13.7. The van der Waals surface area contributed by atoms with Crippen LogP contribution in [0.5, 0.6) is 0 Å². The second kappa shape index (κ2) is 7.78. The number of carbonyl (C=O) groups is 1. The van der Waals surface area contributed by atoms with Gasteiger partial charge in [0.25, 0.3) is 0 Å². The Bertz CT molecular complexity index is 789. The van der Waals surface area contributed by atoms with Crippen LogP contribution in [-0.2, 0) is 29.1 Å². The summed E-state index contributed by atoms with van der Waals surface area (Å²) in [6.07, 6.45) is -2.64. The number of carbonyl (C=O) groups excluding carboxylic acids is 1. The van der Waals surface area contributed by atoms with Crippen LogP contribution >= 0.6 is 0 Å². The zero-order valence-electron chi connectivity index (χ0n) is 14.8. The Morgan fingerprint density at radius 1 is 1.00 bits per heavy atom. The zero-order valence-corrected chi connectivity index (χ0v) is 16.4. The SMILES string of the molecule is CC(C[C-](S(=O)(=O)C(F)(F)F)S(=O)(=O)C(F)(F)F)OC(=O)OC1CC2CCC1C2. The molecule has 7 nitrogen and oxygen atoms in total. The molecule has 2 rings (SSSR count). The van der Waals surface area contributed by atoms with E-state index < -0.39 is 60.1 Å². The minimum Gasteiger partial charge on any atom is -0.434 e. The van der Waals surface area contributed by atoms with Gasteiger partial charge >= 0.3 is 17.2 Å². The molecule has 0 N–H and O–H groups in total. The fourth-order valence-electron chi connectivity index (χ4n) is 3.54. The lowest BCUT2D eigenvalue weighted by molar-refractivity contribution is -0.0460. The van der Waals surface area contributed by atoms with Gasteiger partial charge in [-0.1, -0.05) is 4.58 Å². The van der Waals surface area contributed by atoms with Crippen molar-refractivity contribution in [2.45, 2.75) is 62.3 Å². The van der Waals surface area contributed by atoms with Gasteiger partial charge in [0.15, 0.2) is 0 Å². The maximum Gasteiger partial charge on any atom is 0.508 e. The molecule has 0 aromatic rings. The van der Waals surface area contributed by atoms with E-state index in [4.69, 9.17) is 4.74 Å². The Balaban J connectivity index is 2.13. The van der Waals surface area contributed by atoms with Crippen molar-refractivity contribution >= 4 is 25.8 Å². The van der Waals surface area contributed by atoms with Gasteiger partial charge < -0.3 is 9.47 Å². The average Bonchev–Trinajstić information content (AvgIpc) is 3.12. The molecule has 0 heterocycles. The Morgan fingerprint density at radius 2 is 1.52 bits per heavy atom. The van der Waals surface area contributed by atoms with Crippen LogP contribution < -0.4 is 0 Å². The predicted molar refractivity (Wildman–Crippen MR) is 84.1 cm³/mol. The van der Waals surface area contributed by atoms with E-state index in [9.17, 15) is 48.0 Å².